The van der Waals surface area contributed by atoms with Gasteiger partial charge in [0.25, 0.3) is 0 Å². The quantitative estimate of drug-likeness (QED) is 0.767. The lowest BCUT2D eigenvalue weighted by Crippen LogP contribution is -2.05. The monoisotopic (exact) mass is 299 g/mol. The molecule has 17 heavy (non-hydrogen) atoms. The summed E-state index contributed by atoms with van der Waals surface area (Å²) in [5.74, 6) is 0.965. The van der Waals surface area contributed by atoms with Crippen molar-refractivity contribution in [2.75, 3.05) is 6.61 Å². The fraction of sp³-hybridized carbons (Fsp3) is 0.571. The molecule has 1 aromatic rings. The minimum atomic E-state index is 0.518. The van der Waals surface area contributed by atoms with E-state index in [1.807, 2.05) is 6.07 Å². The molecule has 2 nitrogen and oxygen atoms in total. The highest BCUT2D eigenvalue weighted by Gasteiger charge is 2.07. The van der Waals surface area contributed by atoms with Crippen LogP contribution in [0.15, 0.2) is 16.6 Å². The zero-order chi connectivity index (χ0) is 12.7. The molecule has 0 aromatic heterocycles. The van der Waals surface area contributed by atoms with Gasteiger partial charge in [0.05, 0.1) is 6.61 Å². The fourth-order valence-corrected chi connectivity index (χ4v) is 2.48. The summed E-state index contributed by atoms with van der Waals surface area (Å²) in [6.45, 7) is 5.58. The van der Waals surface area contributed by atoms with Crippen LogP contribution in [0.3, 0.4) is 0 Å². The minimum Gasteiger partial charge on any atom is -0.493 e. The van der Waals surface area contributed by atoms with Gasteiger partial charge in [-0.1, -0.05) is 42.1 Å². The highest BCUT2D eigenvalue weighted by atomic mass is 79.9. The van der Waals surface area contributed by atoms with E-state index in [4.69, 9.17) is 10.5 Å². The molecule has 0 atom stereocenters. The van der Waals surface area contributed by atoms with E-state index < -0.39 is 0 Å². The molecule has 0 aliphatic heterocycles. The Morgan fingerprint density at radius 1 is 1.24 bits per heavy atom. The van der Waals surface area contributed by atoms with Crippen LogP contribution < -0.4 is 10.5 Å². The van der Waals surface area contributed by atoms with Crippen LogP contribution in [0.5, 0.6) is 5.75 Å². The van der Waals surface area contributed by atoms with Gasteiger partial charge in [-0.3, -0.25) is 0 Å². The Kier molecular flexibility index (Phi) is 6.60. The summed E-state index contributed by atoms with van der Waals surface area (Å²) in [6.07, 6.45) is 4.90. The predicted octanol–water partition coefficient (Wildman–Crippen LogP) is 4.18. The van der Waals surface area contributed by atoms with Crippen LogP contribution in [-0.2, 0) is 6.54 Å². The Labute approximate surface area is 113 Å². The van der Waals surface area contributed by atoms with Crippen molar-refractivity contribution in [2.45, 2.75) is 46.1 Å². The Hall–Kier alpha value is -0.540. The smallest absolute Gasteiger partial charge is 0.126 e. The number of aryl methyl sites for hydroxylation is 1. The molecule has 1 rings (SSSR count). The van der Waals surface area contributed by atoms with Crippen LogP contribution >= 0.6 is 15.9 Å². The number of hydrogen-bond acceptors (Lipinski definition) is 2. The lowest BCUT2D eigenvalue weighted by Gasteiger charge is -2.14. The molecule has 0 spiro atoms. The van der Waals surface area contributed by atoms with E-state index in [1.165, 1.54) is 19.3 Å². The van der Waals surface area contributed by atoms with Gasteiger partial charge in [0.2, 0.25) is 0 Å². The second-order valence-corrected chi connectivity index (χ2v) is 5.24. The van der Waals surface area contributed by atoms with Gasteiger partial charge in [0.1, 0.15) is 5.75 Å². The predicted molar refractivity (Wildman–Crippen MR) is 76.4 cm³/mol. The van der Waals surface area contributed by atoms with E-state index in [0.717, 1.165) is 34.4 Å². The lowest BCUT2D eigenvalue weighted by molar-refractivity contribution is 0.300. The molecule has 0 heterocycles. The van der Waals surface area contributed by atoms with Crippen LogP contribution in [0.2, 0.25) is 0 Å². The van der Waals surface area contributed by atoms with Gasteiger partial charge < -0.3 is 10.5 Å². The highest BCUT2D eigenvalue weighted by molar-refractivity contribution is 9.10. The Bertz CT molecular complexity index is 352. The summed E-state index contributed by atoms with van der Waals surface area (Å²) < 4.78 is 6.92. The van der Waals surface area contributed by atoms with Crippen LogP contribution in [0.25, 0.3) is 0 Å². The van der Waals surface area contributed by atoms with Crippen molar-refractivity contribution < 1.29 is 4.74 Å². The van der Waals surface area contributed by atoms with Gasteiger partial charge in [-0.25, -0.2) is 0 Å². The molecular formula is C14H22BrNO. The summed E-state index contributed by atoms with van der Waals surface area (Å²) >= 11 is 3.48. The van der Waals surface area contributed by atoms with E-state index in [1.54, 1.807) is 0 Å². The first-order valence-corrected chi connectivity index (χ1v) is 7.10. The Morgan fingerprint density at radius 3 is 2.65 bits per heavy atom. The molecule has 3 heteroatoms. The molecule has 0 aliphatic rings. The van der Waals surface area contributed by atoms with E-state index in [9.17, 15) is 0 Å². The van der Waals surface area contributed by atoms with E-state index >= 15 is 0 Å². The second-order valence-electron chi connectivity index (χ2n) is 4.32. The maximum absolute atomic E-state index is 5.86. The first-order chi connectivity index (χ1) is 8.19. The zero-order valence-electron chi connectivity index (χ0n) is 10.8. The number of nitrogens with two attached hydrogens (primary N) is 1. The molecule has 0 saturated carbocycles. The number of rotatable bonds is 7. The Balaban J connectivity index is 2.57. The van der Waals surface area contributed by atoms with Crippen molar-refractivity contribution in [1.82, 2.24) is 0 Å². The first-order valence-electron chi connectivity index (χ1n) is 6.31. The molecule has 0 fully saturated rings. The summed E-state index contributed by atoms with van der Waals surface area (Å²) in [6, 6.07) is 4.11. The third-order valence-electron chi connectivity index (χ3n) is 2.78. The normalized spacial score (nSPS) is 10.6. The van der Waals surface area contributed by atoms with Gasteiger partial charge in [0, 0.05) is 16.6 Å². The summed E-state index contributed by atoms with van der Waals surface area (Å²) in [5, 5.41) is 0. The summed E-state index contributed by atoms with van der Waals surface area (Å²) in [4.78, 5) is 0. The maximum atomic E-state index is 5.86. The Morgan fingerprint density at radius 2 is 2.00 bits per heavy atom. The molecule has 0 radical (unpaired) electrons. The van der Waals surface area contributed by atoms with Crippen LogP contribution in [0, 0.1) is 6.92 Å². The molecule has 0 unspecified atom stereocenters. The number of hydrogen-bond donors (Lipinski definition) is 1. The molecule has 0 bridgehead atoms. The van der Waals surface area contributed by atoms with Crippen molar-refractivity contribution in [3.63, 3.8) is 0 Å². The zero-order valence-corrected chi connectivity index (χ0v) is 12.3. The van der Waals surface area contributed by atoms with E-state index in [2.05, 4.69) is 35.8 Å². The van der Waals surface area contributed by atoms with Gasteiger partial charge in [0.15, 0.2) is 0 Å². The molecule has 0 aliphatic carbocycles. The van der Waals surface area contributed by atoms with Crippen molar-refractivity contribution in [3.8, 4) is 5.75 Å². The molecule has 96 valence electrons. The second kappa shape index (κ2) is 7.72. The average Bonchev–Trinajstić information content (AvgIpc) is 2.30. The van der Waals surface area contributed by atoms with Gasteiger partial charge in [-0.15, -0.1) is 0 Å². The molecular weight excluding hydrogens is 278 g/mol. The molecule has 0 amide bonds. The van der Waals surface area contributed by atoms with Gasteiger partial charge in [-0.2, -0.15) is 0 Å². The van der Waals surface area contributed by atoms with E-state index in [-0.39, 0.29) is 0 Å². The highest BCUT2D eigenvalue weighted by Crippen LogP contribution is 2.28. The summed E-state index contributed by atoms with van der Waals surface area (Å²) in [5.41, 5.74) is 7.96. The maximum Gasteiger partial charge on any atom is 0.126 e. The largest absolute Gasteiger partial charge is 0.493 e. The van der Waals surface area contributed by atoms with Crippen LogP contribution in [-0.4, -0.2) is 6.61 Å². The SMILES string of the molecule is CCCCCCOc1c(C)cc(Br)cc1CN. The number of ether oxygens (including phenoxy) is 1. The standard InChI is InChI=1S/C14H22BrNO/c1-3-4-5-6-7-17-14-11(2)8-13(15)9-12(14)10-16/h8-9H,3-7,10,16H2,1-2H3. The third-order valence-corrected chi connectivity index (χ3v) is 3.24. The molecule has 1 aromatic carbocycles. The lowest BCUT2D eigenvalue weighted by atomic mass is 10.1. The molecule has 2 N–H and O–H groups in total. The number of halogens is 1. The van der Waals surface area contributed by atoms with Gasteiger partial charge >= 0.3 is 0 Å². The summed E-state index contributed by atoms with van der Waals surface area (Å²) in [7, 11) is 0. The van der Waals surface area contributed by atoms with Gasteiger partial charge in [-0.05, 0) is 31.0 Å². The third kappa shape index (κ3) is 4.68. The van der Waals surface area contributed by atoms with Crippen LogP contribution in [0.4, 0.5) is 0 Å². The number of unbranched alkanes of at least 4 members (excludes halogenated alkanes) is 3. The topological polar surface area (TPSA) is 35.2 Å². The average molecular weight is 300 g/mol. The van der Waals surface area contributed by atoms with Crippen molar-refractivity contribution in [2.24, 2.45) is 5.73 Å². The van der Waals surface area contributed by atoms with Crippen molar-refractivity contribution >= 4 is 15.9 Å². The minimum absolute atomic E-state index is 0.518. The first kappa shape index (κ1) is 14.5. The van der Waals surface area contributed by atoms with E-state index in [0.29, 0.717) is 6.54 Å². The number of benzene rings is 1. The van der Waals surface area contributed by atoms with Crippen molar-refractivity contribution in [3.05, 3.63) is 27.7 Å². The fourth-order valence-electron chi connectivity index (χ4n) is 1.86. The van der Waals surface area contributed by atoms with Crippen molar-refractivity contribution in [1.29, 1.82) is 0 Å². The van der Waals surface area contributed by atoms with Crippen LogP contribution in [0.1, 0.15) is 43.7 Å². The molecule has 0 saturated heterocycles.